The van der Waals surface area contributed by atoms with Gasteiger partial charge in [0.05, 0.1) is 16.2 Å². The predicted octanol–water partition coefficient (Wildman–Crippen LogP) is 15.7. The van der Waals surface area contributed by atoms with Gasteiger partial charge in [-0.15, -0.1) is 0 Å². The van der Waals surface area contributed by atoms with Crippen LogP contribution < -0.4 is 33.4 Å². The number of hydrogen-bond acceptors (Lipinski definition) is 24. The van der Waals surface area contributed by atoms with Crippen LogP contribution in [0.2, 0.25) is 25.4 Å². The molecular weight excluding hydrogens is 1650 g/mol. The van der Waals surface area contributed by atoms with Crippen molar-refractivity contribution in [2.45, 2.75) is 134 Å². The molecule has 0 amide bonds. The number of nitrogens with zero attached hydrogens (tertiary/aromatic N) is 12. The van der Waals surface area contributed by atoms with Gasteiger partial charge >= 0.3 is 0 Å². The molecule has 0 saturated carbocycles. The molecule has 0 saturated heterocycles. The van der Waals surface area contributed by atoms with Gasteiger partial charge in [-0.05, 0) is 103 Å². The number of H-pyrrole nitrogens is 6. The summed E-state index contributed by atoms with van der Waals surface area (Å²) >= 11 is 37.9. The first-order valence-corrected chi connectivity index (χ1v) is 39.7. The van der Waals surface area contributed by atoms with E-state index in [0.29, 0.717) is 103 Å². The van der Waals surface area contributed by atoms with Crippen LogP contribution in [-0.4, -0.2) is 89.7 Å². The summed E-state index contributed by atoms with van der Waals surface area (Å²) in [5.74, 6) is -3.29. The number of nitrogens with one attached hydrogen (secondary N) is 6. The molecule has 0 fully saturated rings. The molecule has 12 heterocycles. The van der Waals surface area contributed by atoms with E-state index in [4.69, 9.17) is 58.0 Å². The number of aryl methyl sites for hydroxylation is 9. The zero-order chi connectivity index (χ0) is 80.3. The zero-order valence-corrected chi connectivity index (χ0v) is 68.0. The highest BCUT2D eigenvalue weighted by Crippen LogP contribution is 2.34. The lowest BCUT2D eigenvalue weighted by Crippen LogP contribution is -2.08. The third-order valence-electron chi connectivity index (χ3n) is 14.0. The summed E-state index contributed by atoms with van der Waals surface area (Å²) < 4.78 is 65.7. The number of aromatic nitrogens is 18. The van der Waals surface area contributed by atoms with Gasteiger partial charge in [-0.3, -0.25) is 38.7 Å². The monoisotopic (exact) mass is 1710 g/mol. The molecule has 0 aromatic carbocycles. The van der Waals surface area contributed by atoms with Crippen LogP contribution >= 0.6 is 129 Å². The second-order valence-electron chi connectivity index (χ2n) is 22.6. The van der Waals surface area contributed by atoms with Gasteiger partial charge in [-0.25, -0.2) is 63.0 Å². The van der Waals surface area contributed by atoms with Crippen molar-refractivity contribution in [3.05, 3.63) is 305 Å². The van der Waals surface area contributed by atoms with E-state index < -0.39 is 34.9 Å². The molecule has 12 aromatic heterocycles. The molecule has 0 aliphatic rings. The fourth-order valence-electron chi connectivity index (χ4n) is 8.75. The fraction of sp³-hybridized carbons (Fsp3) is 0.229. The number of pyridine rings is 6. The van der Waals surface area contributed by atoms with Crippen molar-refractivity contribution >= 4 is 129 Å². The molecule has 0 radical (unpaired) electrons. The van der Waals surface area contributed by atoms with E-state index in [9.17, 15) is 50.7 Å². The SMILES string of the molecule is CCc1ccnc(Cl)c1CSc1nc(C)cc(=O)[nH]1.Cc1cc(=O)[nH]c(SCc2c(Cl)ccnc2C)n1.Cc1cc(=O)[nH]c(SCc2c(Cl)cnc(Cl)c2Cl)n1.Cc1cc(=O)[nH]c(SCc2c(F)cnc(F)c2F)n1.Cc1cc(=O)[nH]c(SCc2ccnc(F)c2F)n1.Cc1cc(=O)[nH]c(SCc2ccncc2C)n1. The van der Waals surface area contributed by atoms with Gasteiger partial charge in [0.15, 0.2) is 42.6 Å². The highest BCUT2D eigenvalue weighted by Gasteiger charge is 2.18. The van der Waals surface area contributed by atoms with E-state index in [0.717, 1.165) is 63.8 Å². The smallest absolute Gasteiger partial charge is 0.251 e. The van der Waals surface area contributed by atoms with E-state index in [1.165, 1.54) is 113 Å². The Hall–Kier alpha value is -8.62. The van der Waals surface area contributed by atoms with Crippen molar-refractivity contribution in [3.63, 3.8) is 0 Å². The first-order valence-electron chi connectivity index (χ1n) is 31.9. The quantitative estimate of drug-likeness (QED) is 0.0189. The molecule has 0 bridgehead atoms. The lowest BCUT2D eigenvalue weighted by atomic mass is 10.1. The summed E-state index contributed by atoms with van der Waals surface area (Å²) in [6.45, 7) is 16.5. The van der Waals surface area contributed by atoms with E-state index >= 15 is 0 Å². The van der Waals surface area contributed by atoms with E-state index in [2.05, 4.69) is 96.6 Å². The Balaban J connectivity index is 0.000000184. The molecule has 0 atom stereocenters. The predicted molar refractivity (Wildman–Crippen MR) is 424 cm³/mol. The molecule has 0 aliphatic heterocycles. The van der Waals surface area contributed by atoms with Gasteiger partial charge in [0.2, 0.25) is 11.9 Å². The van der Waals surface area contributed by atoms with Gasteiger partial charge in [-0.2, -0.15) is 8.78 Å². The Morgan fingerprint density at radius 3 is 1.15 bits per heavy atom. The van der Waals surface area contributed by atoms with Crippen molar-refractivity contribution in [3.8, 4) is 0 Å². The molecule has 0 unspecified atom stereocenters. The molecule has 110 heavy (non-hydrogen) atoms. The second kappa shape index (κ2) is 43.8. The molecular formula is C70H64Cl5F5N18O6S6. The van der Waals surface area contributed by atoms with Crippen molar-refractivity contribution in [1.29, 1.82) is 0 Å². The van der Waals surface area contributed by atoms with E-state index in [1.807, 2.05) is 39.1 Å². The minimum absolute atomic E-state index is 0.105. The normalized spacial score (nSPS) is 10.6. The Kier molecular flexibility index (Phi) is 35.3. The lowest BCUT2D eigenvalue weighted by Gasteiger charge is -2.08. The lowest BCUT2D eigenvalue weighted by molar-refractivity contribution is 0.455. The third kappa shape index (κ3) is 28.9. The Morgan fingerprint density at radius 2 is 0.727 bits per heavy atom. The Bertz CT molecular complexity index is 5450. The molecule has 40 heteroatoms. The fourth-order valence-corrected chi connectivity index (χ4v) is 16.0. The summed E-state index contributed by atoms with van der Waals surface area (Å²) in [5, 5.41) is 5.09. The van der Waals surface area contributed by atoms with Crippen LogP contribution in [0.4, 0.5) is 22.0 Å². The molecule has 12 rings (SSSR count). The summed E-state index contributed by atoms with van der Waals surface area (Å²) in [6.07, 6.45) is 11.1. The van der Waals surface area contributed by atoms with Crippen LogP contribution in [0.15, 0.2) is 164 Å². The van der Waals surface area contributed by atoms with Crippen molar-refractivity contribution in [1.82, 2.24) is 89.7 Å². The maximum absolute atomic E-state index is 13.3. The van der Waals surface area contributed by atoms with Gasteiger partial charge in [0.1, 0.15) is 16.1 Å². The van der Waals surface area contributed by atoms with Crippen LogP contribution in [0.3, 0.4) is 0 Å². The minimum atomic E-state index is -1.36. The van der Waals surface area contributed by atoms with Gasteiger partial charge in [0, 0.05) is 181 Å². The van der Waals surface area contributed by atoms with Crippen LogP contribution in [0, 0.1) is 84.7 Å². The van der Waals surface area contributed by atoms with Crippen molar-refractivity contribution in [2.75, 3.05) is 0 Å². The number of thioether (sulfide) groups is 6. The second-order valence-corrected chi connectivity index (χ2v) is 30.3. The average molecular weight is 1720 g/mol. The number of aromatic amines is 6. The first-order chi connectivity index (χ1) is 52.3. The summed E-state index contributed by atoms with van der Waals surface area (Å²) in [5.41, 5.74) is 9.42. The van der Waals surface area contributed by atoms with Crippen molar-refractivity contribution in [2.24, 2.45) is 0 Å². The topological polar surface area (TPSA) is 352 Å². The highest BCUT2D eigenvalue weighted by molar-refractivity contribution is 7.99. The number of hydrogen-bond donors (Lipinski definition) is 6. The third-order valence-corrected chi connectivity index (χ3v) is 21.3. The maximum atomic E-state index is 13.3. The highest BCUT2D eigenvalue weighted by atomic mass is 35.5. The molecule has 0 spiro atoms. The summed E-state index contributed by atoms with van der Waals surface area (Å²) in [7, 11) is 0. The minimum Gasteiger partial charge on any atom is -0.301 e. The standard InChI is InChI=1S/C13H14ClN3OS.C12H12ClN3OS.C12H13N3OS.C11H8Cl3N3OS.C11H8F3N3OS.C11H9F2N3OS/c1-3-9-4-5-15-12(14)10(9)7-19-13-16-8(2)6-11(18)17-13;1-7-5-11(17)16-12(15-7)18-6-9-8(2)14-4-3-10(9)13;1-8-6-13-4-3-10(8)7-17-12-14-9(2)5-11(16)15-12;2*1-5-2-8(18)17-11(16-5)19-4-6-7(12)3-15-10(14)9(6)13;1-6-4-8(17)16-11(15-6)18-5-7-2-3-14-10(13)9(7)12/h4-6H,3,7H2,1-2H3,(H,16,17,18);3-5H,6H2,1-2H3,(H,15,16,17);3-6H,7H2,1-2H3,(H,14,15,16);2*2-3H,4H2,1H3,(H,16,17,18);2-4H,5H2,1H3,(H,15,16,17). The summed E-state index contributed by atoms with van der Waals surface area (Å²) in [4.78, 5) is 131. The zero-order valence-electron chi connectivity index (χ0n) is 59.3. The Morgan fingerprint density at radius 1 is 0.355 bits per heavy atom. The van der Waals surface area contributed by atoms with Gasteiger partial charge in [0.25, 0.3) is 33.4 Å². The van der Waals surface area contributed by atoms with E-state index in [-0.39, 0.29) is 60.7 Å². The molecule has 576 valence electrons. The largest absolute Gasteiger partial charge is 0.301 e. The maximum Gasteiger partial charge on any atom is 0.251 e. The average Bonchev–Trinajstić information content (AvgIpc) is 0.854. The van der Waals surface area contributed by atoms with Gasteiger partial charge < -0.3 is 29.9 Å². The Labute approximate surface area is 674 Å². The summed E-state index contributed by atoms with van der Waals surface area (Å²) in [6, 6.07) is 15.6. The first kappa shape index (κ1) is 88.6. The molecule has 12 aromatic rings. The van der Waals surface area contributed by atoms with Crippen LogP contribution in [0.25, 0.3) is 0 Å². The van der Waals surface area contributed by atoms with Crippen LogP contribution in [0.1, 0.15) is 91.3 Å². The number of halogens is 10. The molecule has 24 nitrogen and oxygen atoms in total. The number of rotatable bonds is 19. The molecule has 6 N–H and O–H groups in total. The molecule has 0 aliphatic carbocycles. The van der Waals surface area contributed by atoms with Crippen LogP contribution in [-0.2, 0) is 40.9 Å². The van der Waals surface area contributed by atoms with Gasteiger partial charge in [-0.1, -0.05) is 135 Å². The van der Waals surface area contributed by atoms with Crippen molar-refractivity contribution < 1.29 is 22.0 Å². The van der Waals surface area contributed by atoms with Crippen LogP contribution in [0.5, 0.6) is 0 Å². The van der Waals surface area contributed by atoms with E-state index in [1.54, 1.807) is 59.3 Å².